The van der Waals surface area contributed by atoms with Crippen molar-refractivity contribution < 1.29 is 4.74 Å². The molecule has 0 saturated carbocycles. The first-order valence-corrected chi connectivity index (χ1v) is 16.6. The maximum Gasteiger partial charge on any atom is 0.160 e. The summed E-state index contributed by atoms with van der Waals surface area (Å²) in [7, 11) is 0. The molecule has 7 aromatic carbocycles. The largest absolute Gasteiger partial charge is 0.456 e. The van der Waals surface area contributed by atoms with Gasteiger partial charge < -0.3 is 9.30 Å². The van der Waals surface area contributed by atoms with Crippen molar-refractivity contribution in [2.45, 2.75) is 0 Å². The lowest BCUT2D eigenvalue weighted by molar-refractivity contribution is 0.486. The molecule has 4 heterocycles. The van der Waals surface area contributed by atoms with Crippen molar-refractivity contribution in [1.29, 1.82) is 0 Å². The van der Waals surface area contributed by atoms with Gasteiger partial charge >= 0.3 is 0 Å². The first-order chi connectivity index (χ1) is 23.3. The molecule has 0 amide bonds. The minimum absolute atomic E-state index is 0.712. The molecule has 0 aliphatic carbocycles. The van der Waals surface area contributed by atoms with Crippen molar-refractivity contribution in [1.82, 2.24) is 14.5 Å². The standard InChI is InChI=1S/C42H23N3OS/c1-2-11-24(12-3-1)42-43-31-17-10-19-33-38(31)39(44-42)29-22-21-25(23-34(29)46-33)45-32-18-8-6-15-28(32)36-26-13-4-5-14-27(26)37-30-16-7-9-20-35(30)47-41(37)40(36)45/h1-23H. The van der Waals surface area contributed by atoms with E-state index < -0.39 is 0 Å². The molecule has 0 unspecified atom stereocenters. The van der Waals surface area contributed by atoms with Crippen LogP contribution in [0, 0.1) is 0 Å². The van der Waals surface area contributed by atoms with Crippen LogP contribution in [0.1, 0.15) is 0 Å². The number of ether oxygens (including phenoxy) is 1. The number of hydrogen-bond acceptors (Lipinski definition) is 4. The van der Waals surface area contributed by atoms with Gasteiger partial charge in [0.25, 0.3) is 0 Å². The highest BCUT2D eigenvalue weighted by atomic mass is 32.1. The van der Waals surface area contributed by atoms with Gasteiger partial charge in [-0.05, 0) is 47.2 Å². The van der Waals surface area contributed by atoms with Gasteiger partial charge in [-0.1, -0.05) is 97.1 Å². The van der Waals surface area contributed by atoms with Gasteiger partial charge in [0.1, 0.15) is 11.5 Å². The summed E-state index contributed by atoms with van der Waals surface area (Å²) in [5.41, 5.74) is 7.19. The maximum absolute atomic E-state index is 6.67. The normalized spacial score (nSPS) is 12.4. The van der Waals surface area contributed by atoms with Gasteiger partial charge in [0.2, 0.25) is 0 Å². The van der Waals surface area contributed by atoms with Gasteiger partial charge in [0, 0.05) is 49.1 Å². The van der Waals surface area contributed by atoms with Crippen LogP contribution in [0.25, 0.3) is 92.0 Å². The lowest BCUT2D eigenvalue weighted by Crippen LogP contribution is -2.03. The van der Waals surface area contributed by atoms with Crippen LogP contribution in [0.4, 0.5) is 0 Å². The zero-order valence-corrected chi connectivity index (χ0v) is 25.8. The number of nitrogens with zero attached hydrogens (tertiary/aromatic N) is 3. The van der Waals surface area contributed by atoms with E-state index in [1.165, 1.54) is 52.8 Å². The molecule has 3 aromatic heterocycles. The van der Waals surface area contributed by atoms with Gasteiger partial charge in [-0.15, -0.1) is 11.3 Å². The zero-order chi connectivity index (χ0) is 30.6. The summed E-state index contributed by atoms with van der Waals surface area (Å²) in [6.45, 7) is 0. The molecular formula is C42H23N3OS. The molecule has 0 spiro atoms. The Kier molecular flexibility index (Phi) is 4.96. The Morgan fingerprint density at radius 2 is 1.30 bits per heavy atom. The summed E-state index contributed by atoms with van der Waals surface area (Å²) in [5.74, 6) is 2.28. The van der Waals surface area contributed by atoms with Crippen LogP contribution < -0.4 is 4.74 Å². The fourth-order valence-electron chi connectivity index (χ4n) is 7.59. The van der Waals surface area contributed by atoms with Crippen molar-refractivity contribution >= 4 is 75.0 Å². The molecule has 0 N–H and O–H groups in total. The number of fused-ring (bicyclic) bond motifs is 12. The van der Waals surface area contributed by atoms with Crippen molar-refractivity contribution in [3.8, 4) is 39.8 Å². The second kappa shape index (κ2) is 9.25. The molecule has 1 aliphatic rings. The first-order valence-electron chi connectivity index (χ1n) is 15.8. The number of thiophene rings is 1. The lowest BCUT2D eigenvalue weighted by atomic mass is 9.99. The third kappa shape index (κ3) is 3.41. The molecule has 10 aromatic rings. The molecule has 0 fully saturated rings. The molecule has 218 valence electrons. The molecule has 47 heavy (non-hydrogen) atoms. The van der Waals surface area contributed by atoms with Gasteiger partial charge in [0.05, 0.1) is 32.3 Å². The molecule has 5 heteroatoms. The second-order valence-corrected chi connectivity index (χ2v) is 13.2. The van der Waals surface area contributed by atoms with Crippen LogP contribution in [0.15, 0.2) is 140 Å². The van der Waals surface area contributed by atoms with E-state index in [1.807, 2.05) is 47.7 Å². The summed E-state index contributed by atoms with van der Waals surface area (Å²) in [6, 6.07) is 49.2. The highest BCUT2D eigenvalue weighted by Crippen LogP contribution is 2.50. The number of hydrogen-bond donors (Lipinski definition) is 0. The maximum atomic E-state index is 6.67. The Bertz CT molecular complexity index is 2940. The summed E-state index contributed by atoms with van der Waals surface area (Å²) >= 11 is 1.88. The number of rotatable bonds is 2. The molecular weight excluding hydrogens is 595 g/mol. The average Bonchev–Trinajstić information content (AvgIpc) is 3.69. The average molecular weight is 618 g/mol. The Hall–Kier alpha value is -6.04. The molecule has 4 nitrogen and oxygen atoms in total. The quantitative estimate of drug-likeness (QED) is 0.194. The monoisotopic (exact) mass is 617 g/mol. The van der Waals surface area contributed by atoms with Crippen LogP contribution in [0.2, 0.25) is 0 Å². The van der Waals surface area contributed by atoms with E-state index in [0.29, 0.717) is 5.82 Å². The third-order valence-electron chi connectivity index (χ3n) is 9.57. The smallest absolute Gasteiger partial charge is 0.160 e. The van der Waals surface area contributed by atoms with Gasteiger partial charge in [0.15, 0.2) is 5.82 Å². The van der Waals surface area contributed by atoms with E-state index in [4.69, 9.17) is 14.7 Å². The topological polar surface area (TPSA) is 39.9 Å². The first kappa shape index (κ1) is 25.2. The van der Waals surface area contributed by atoms with Crippen molar-refractivity contribution in [2.75, 3.05) is 0 Å². The highest BCUT2D eigenvalue weighted by molar-refractivity contribution is 7.27. The summed E-state index contributed by atoms with van der Waals surface area (Å²) < 4.78 is 11.7. The predicted octanol–water partition coefficient (Wildman–Crippen LogP) is 11.7. The SMILES string of the molecule is c1ccc(-c2nc3c4c(cccc4n2)Oc2cc(-n4c5ccccc5c5c6ccccc6c6c7ccccc7sc6c54)ccc2-3)cc1. The zero-order valence-electron chi connectivity index (χ0n) is 24.9. The molecule has 11 rings (SSSR count). The van der Waals surface area contributed by atoms with Gasteiger partial charge in [-0.2, -0.15) is 0 Å². The minimum atomic E-state index is 0.712. The van der Waals surface area contributed by atoms with Crippen LogP contribution in [-0.2, 0) is 0 Å². The lowest BCUT2D eigenvalue weighted by Gasteiger charge is -2.22. The van der Waals surface area contributed by atoms with Crippen LogP contribution in [-0.4, -0.2) is 14.5 Å². The number of para-hydroxylation sites is 1. The summed E-state index contributed by atoms with van der Waals surface area (Å²) in [5, 5.41) is 8.66. The van der Waals surface area contributed by atoms with Crippen LogP contribution in [0.5, 0.6) is 11.5 Å². The Labute approximate surface area is 272 Å². The van der Waals surface area contributed by atoms with Crippen molar-refractivity contribution in [3.05, 3.63) is 140 Å². The molecule has 0 bridgehead atoms. The van der Waals surface area contributed by atoms with Crippen LogP contribution in [0.3, 0.4) is 0 Å². The highest BCUT2D eigenvalue weighted by Gasteiger charge is 2.26. The predicted molar refractivity (Wildman–Crippen MR) is 195 cm³/mol. The molecule has 0 saturated heterocycles. The Balaban J connectivity index is 1.23. The van der Waals surface area contributed by atoms with E-state index in [-0.39, 0.29) is 0 Å². The minimum Gasteiger partial charge on any atom is -0.456 e. The van der Waals surface area contributed by atoms with Gasteiger partial charge in [-0.25, -0.2) is 9.97 Å². The fourth-order valence-corrected chi connectivity index (χ4v) is 8.85. The van der Waals surface area contributed by atoms with Crippen molar-refractivity contribution in [2.24, 2.45) is 0 Å². The van der Waals surface area contributed by atoms with E-state index in [2.05, 4.69) is 108 Å². The van der Waals surface area contributed by atoms with Crippen molar-refractivity contribution in [3.63, 3.8) is 0 Å². The molecule has 0 atom stereocenters. The number of benzene rings is 7. The fraction of sp³-hybridized carbons (Fsp3) is 0. The van der Waals surface area contributed by atoms with Gasteiger partial charge in [-0.3, -0.25) is 0 Å². The Morgan fingerprint density at radius 1 is 0.553 bits per heavy atom. The Morgan fingerprint density at radius 3 is 2.17 bits per heavy atom. The van der Waals surface area contributed by atoms with Crippen LogP contribution >= 0.6 is 11.3 Å². The summed E-state index contributed by atoms with van der Waals surface area (Å²) in [6.07, 6.45) is 0. The summed E-state index contributed by atoms with van der Waals surface area (Å²) in [4.78, 5) is 10.1. The van der Waals surface area contributed by atoms with E-state index >= 15 is 0 Å². The number of aromatic nitrogens is 3. The second-order valence-electron chi connectivity index (χ2n) is 12.1. The molecule has 1 aliphatic heterocycles. The molecule has 0 radical (unpaired) electrons. The van der Waals surface area contributed by atoms with E-state index in [0.717, 1.165) is 44.9 Å². The third-order valence-corrected chi connectivity index (χ3v) is 10.7. The van der Waals surface area contributed by atoms with E-state index in [1.54, 1.807) is 0 Å². The van der Waals surface area contributed by atoms with E-state index in [9.17, 15) is 0 Å².